The average molecular weight is 498 g/mol. The van der Waals surface area contributed by atoms with Gasteiger partial charge in [-0.2, -0.15) is 0 Å². The molecule has 3 aromatic carbocycles. The van der Waals surface area contributed by atoms with Gasteiger partial charge in [0.15, 0.2) is 0 Å². The molecule has 0 N–H and O–H groups in total. The monoisotopic (exact) mass is 497 g/mol. The first-order valence-electron chi connectivity index (χ1n) is 10.5. The van der Waals surface area contributed by atoms with Crippen LogP contribution in [0.1, 0.15) is 16.7 Å². The van der Waals surface area contributed by atoms with Gasteiger partial charge in [-0.3, -0.25) is 14.5 Å². The summed E-state index contributed by atoms with van der Waals surface area (Å²) in [5.41, 5.74) is 1.90. The van der Waals surface area contributed by atoms with Crippen LogP contribution in [-0.2, 0) is 11.4 Å². The summed E-state index contributed by atoms with van der Waals surface area (Å²) in [4.78, 5) is 26.7. The molecule has 1 fully saturated rings. The molecular weight excluding hydrogens is 477 g/mol. The van der Waals surface area contributed by atoms with Gasteiger partial charge in [0.1, 0.15) is 30.5 Å². The van der Waals surface area contributed by atoms with Gasteiger partial charge in [0.2, 0.25) is 0 Å². The second-order valence-electron chi connectivity index (χ2n) is 7.53. The lowest BCUT2D eigenvalue weighted by Crippen LogP contribution is -2.32. The van der Waals surface area contributed by atoms with Crippen LogP contribution < -0.4 is 9.47 Å². The van der Waals surface area contributed by atoms with Crippen LogP contribution in [-0.4, -0.2) is 29.2 Å². The van der Waals surface area contributed by atoms with Crippen molar-refractivity contribution in [3.05, 3.63) is 99.2 Å². The first-order valence-corrected chi connectivity index (χ1v) is 11.7. The van der Waals surface area contributed by atoms with E-state index in [9.17, 15) is 14.0 Å². The Bertz CT molecular complexity index is 1240. The van der Waals surface area contributed by atoms with Gasteiger partial charge in [-0.15, -0.1) is 0 Å². The van der Waals surface area contributed by atoms with E-state index in [1.807, 2.05) is 31.2 Å². The van der Waals surface area contributed by atoms with Gasteiger partial charge in [0, 0.05) is 11.1 Å². The molecule has 2 amide bonds. The van der Waals surface area contributed by atoms with E-state index in [0.29, 0.717) is 17.1 Å². The van der Waals surface area contributed by atoms with Crippen LogP contribution >= 0.6 is 23.4 Å². The number of ether oxygens (including phenoxy) is 2. The van der Waals surface area contributed by atoms with E-state index in [-0.39, 0.29) is 40.5 Å². The number of hydrogen-bond acceptors (Lipinski definition) is 5. The zero-order valence-corrected chi connectivity index (χ0v) is 19.9. The highest BCUT2D eigenvalue weighted by molar-refractivity contribution is 8.18. The Morgan fingerprint density at radius 1 is 1.03 bits per heavy atom. The van der Waals surface area contributed by atoms with Gasteiger partial charge < -0.3 is 9.47 Å². The van der Waals surface area contributed by atoms with Crippen LogP contribution in [0.5, 0.6) is 11.5 Å². The summed E-state index contributed by atoms with van der Waals surface area (Å²) in [7, 11) is 0. The second-order valence-corrected chi connectivity index (χ2v) is 8.93. The zero-order valence-electron chi connectivity index (χ0n) is 18.3. The van der Waals surface area contributed by atoms with Crippen molar-refractivity contribution in [2.75, 3.05) is 13.2 Å². The molecule has 0 aliphatic carbocycles. The highest BCUT2D eigenvalue weighted by Crippen LogP contribution is 2.34. The van der Waals surface area contributed by atoms with E-state index in [4.69, 9.17) is 21.1 Å². The van der Waals surface area contributed by atoms with Crippen LogP contribution in [0.4, 0.5) is 9.18 Å². The maximum Gasteiger partial charge on any atom is 0.293 e. The predicted octanol–water partition coefficient (Wildman–Crippen LogP) is 6.48. The fraction of sp³-hybridized carbons (Fsp3) is 0.154. The Morgan fingerprint density at radius 3 is 2.62 bits per heavy atom. The largest absolute Gasteiger partial charge is 0.492 e. The lowest BCUT2D eigenvalue weighted by atomic mass is 10.1. The molecule has 174 valence electrons. The van der Waals surface area contributed by atoms with Crippen molar-refractivity contribution >= 4 is 40.6 Å². The number of rotatable bonds is 8. The third kappa shape index (κ3) is 5.61. The second kappa shape index (κ2) is 10.8. The van der Waals surface area contributed by atoms with E-state index in [0.717, 1.165) is 22.2 Å². The number of amides is 2. The van der Waals surface area contributed by atoms with Gasteiger partial charge in [0.25, 0.3) is 11.1 Å². The van der Waals surface area contributed by atoms with Crippen LogP contribution in [0, 0.1) is 12.7 Å². The molecule has 4 rings (SSSR count). The van der Waals surface area contributed by atoms with Crippen molar-refractivity contribution in [3.8, 4) is 11.5 Å². The van der Waals surface area contributed by atoms with Crippen molar-refractivity contribution in [2.24, 2.45) is 0 Å². The summed E-state index contributed by atoms with van der Waals surface area (Å²) < 4.78 is 25.5. The summed E-state index contributed by atoms with van der Waals surface area (Å²) in [6.07, 6.45) is 1.60. The minimum Gasteiger partial charge on any atom is -0.492 e. The highest BCUT2D eigenvalue weighted by Gasteiger charge is 2.35. The van der Waals surface area contributed by atoms with Crippen molar-refractivity contribution < 1.29 is 23.5 Å². The molecule has 0 atom stereocenters. The first kappa shape index (κ1) is 23.9. The molecule has 1 saturated heterocycles. The summed E-state index contributed by atoms with van der Waals surface area (Å²) in [6.45, 7) is 2.21. The molecule has 3 aromatic rings. The van der Waals surface area contributed by atoms with E-state index in [1.54, 1.807) is 36.4 Å². The van der Waals surface area contributed by atoms with Crippen LogP contribution in [0.2, 0.25) is 5.02 Å². The smallest absolute Gasteiger partial charge is 0.293 e. The molecule has 34 heavy (non-hydrogen) atoms. The van der Waals surface area contributed by atoms with Gasteiger partial charge in [-0.05, 0) is 60.7 Å². The van der Waals surface area contributed by atoms with E-state index in [2.05, 4.69) is 0 Å². The van der Waals surface area contributed by atoms with Crippen molar-refractivity contribution in [2.45, 2.75) is 13.5 Å². The quantitative estimate of drug-likeness (QED) is 0.333. The van der Waals surface area contributed by atoms with Crippen molar-refractivity contribution in [3.63, 3.8) is 0 Å². The molecular formula is C26H21ClFNO4S. The van der Waals surface area contributed by atoms with E-state index in [1.165, 1.54) is 12.1 Å². The maximum absolute atomic E-state index is 14.1. The summed E-state index contributed by atoms with van der Waals surface area (Å²) >= 11 is 6.94. The van der Waals surface area contributed by atoms with Gasteiger partial charge in [0.05, 0.1) is 16.5 Å². The topological polar surface area (TPSA) is 55.8 Å². The molecule has 1 aliphatic rings. The number of para-hydroxylation sites is 1. The number of hydrogen-bond donors (Lipinski definition) is 0. The zero-order chi connectivity index (χ0) is 24.1. The normalized spacial score (nSPS) is 14.7. The van der Waals surface area contributed by atoms with E-state index < -0.39 is 11.7 Å². The number of thioether (sulfide) groups is 1. The molecule has 0 saturated carbocycles. The average Bonchev–Trinajstić information content (AvgIpc) is 3.07. The van der Waals surface area contributed by atoms with Crippen LogP contribution in [0.25, 0.3) is 6.08 Å². The number of carbonyl (C=O) groups is 2. The van der Waals surface area contributed by atoms with Crippen molar-refractivity contribution in [1.29, 1.82) is 0 Å². The summed E-state index contributed by atoms with van der Waals surface area (Å²) in [5, 5.41) is -0.0906. The highest BCUT2D eigenvalue weighted by atomic mass is 35.5. The summed E-state index contributed by atoms with van der Waals surface area (Å²) in [5.74, 6) is 0.272. The Morgan fingerprint density at radius 2 is 1.82 bits per heavy atom. The fourth-order valence-electron chi connectivity index (χ4n) is 3.35. The third-order valence-corrected chi connectivity index (χ3v) is 6.35. The Balaban J connectivity index is 1.43. The molecule has 5 nitrogen and oxygen atoms in total. The van der Waals surface area contributed by atoms with Gasteiger partial charge >= 0.3 is 0 Å². The minimum absolute atomic E-state index is 0.0753. The van der Waals surface area contributed by atoms with Gasteiger partial charge in [-0.25, -0.2) is 4.39 Å². The number of aryl methyl sites for hydroxylation is 1. The molecule has 1 heterocycles. The maximum atomic E-state index is 14.1. The molecule has 0 unspecified atom stereocenters. The number of halogens is 2. The van der Waals surface area contributed by atoms with Crippen LogP contribution in [0.3, 0.4) is 0 Å². The number of nitrogens with zero attached hydrogens (tertiary/aromatic N) is 1. The minimum atomic E-state index is -0.459. The molecule has 0 spiro atoms. The lowest BCUT2D eigenvalue weighted by molar-refractivity contribution is -0.123. The first-order chi connectivity index (χ1) is 16.4. The lowest BCUT2D eigenvalue weighted by Gasteiger charge is -2.13. The van der Waals surface area contributed by atoms with Gasteiger partial charge in [-0.1, -0.05) is 48.0 Å². The van der Waals surface area contributed by atoms with Crippen molar-refractivity contribution in [1.82, 2.24) is 4.90 Å². The third-order valence-electron chi connectivity index (χ3n) is 5.09. The molecule has 0 aromatic heterocycles. The molecule has 1 aliphatic heterocycles. The fourth-order valence-corrected chi connectivity index (χ4v) is 4.42. The molecule has 8 heteroatoms. The molecule has 0 radical (unpaired) electrons. The Hall–Kier alpha value is -3.29. The predicted molar refractivity (Wildman–Crippen MR) is 132 cm³/mol. The Kier molecular flexibility index (Phi) is 7.55. The number of carbonyl (C=O) groups excluding carboxylic acids is 2. The number of imide groups is 1. The molecule has 0 bridgehead atoms. The van der Waals surface area contributed by atoms with Crippen LogP contribution in [0.15, 0.2) is 71.6 Å². The SMILES string of the molecule is Cc1cccc(OCCN2C(=O)S/C(=C\c3ccccc3OCc3c(F)cccc3Cl)C2=O)c1. The van der Waals surface area contributed by atoms with E-state index >= 15 is 0 Å². The standard InChI is InChI=1S/C26H21ClFNO4S/c1-17-6-4-8-19(14-17)32-13-12-29-25(30)24(34-26(29)31)15-18-7-2-3-11-23(18)33-16-20-21(27)9-5-10-22(20)28/h2-11,14-15H,12-13,16H2,1H3/b24-15-. The summed E-state index contributed by atoms with van der Waals surface area (Å²) in [6, 6.07) is 19.0. The Labute approximate surface area is 206 Å². The number of benzene rings is 3.